The molecule has 0 aromatic heterocycles. The Bertz CT molecular complexity index is 693. The molecule has 114 valence electrons. The Morgan fingerprint density at radius 1 is 1.09 bits per heavy atom. The summed E-state index contributed by atoms with van der Waals surface area (Å²) >= 11 is 6.07. The monoisotopic (exact) mass is 315 g/mol. The number of ketones is 1. The molecular formula is C18H18ClNO2. The van der Waals surface area contributed by atoms with Crippen molar-refractivity contribution in [1.82, 2.24) is 0 Å². The minimum absolute atomic E-state index is 0.00845. The van der Waals surface area contributed by atoms with Crippen LogP contribution < -0.4 is 5.32 Å². The van der Waals surface area contributed by atoms with Crippen LogP contribution in [0.5, 0.6) is 0 Å². The number of Topliss-reactive ketones (excluding diaryl/α,β-unsaturated/α-hetero) is 1. The van der Waals surface area contributed by atoms with Gasteiger partial charge in [-0.25, -0.2) is 0 Å². The number of amides is 1. The SMILES string of the molecule is CC(=O)c1ccc(NC(=O)CCc2ccc(C)c(Cl)c2)cc1. The standard InChI is InChI=1S/C18H18ClNO2/c1-12-3-4-14(11-17(12)19)5-10-18(22)20-16-8-6-15(7-9-16)13(2)21/h3-4,6-9,11H,5,10H2,1-2H3,(H,20,22). The van der Waals surface area contributed by atoms with Crippen molar-refractivity contribution in [3.63, 3.8) is 0 Å². The van der Waals surface area contributed by atoms with Crippen LogP contribution in [0.4, 0.5) is 5.69 Å². The second kappa shape index (κ2) is 7.23. The van der Waals surface area contributed by atoms with Crippen LogP contribution in [0.2, 0.25) is 5.02 Å². The highest BCUT2D eigenvalue weighted by atomic mass is 35.5. The molecule has 2 aromatic rings. The lowest BCUT2D eigenvalue weighted by atomic mass is 10.1. The Hall–Kier alpha value is -2.13. The Balaban J connectivity index is 1.89. The molecular weight excluding hydrogens is 298 g/mol. The summed E-state index contributed by atoms with van der Waals surface area (Å²) < 4.78 is 0. The smallest absolute Gasteiger partial charge is 0.224 e. The Kier molecular flexibility index (Phi) is 5.34. The molecule has 1 N–H and O–H groups in total. The van der Waals surface area contributed by atoms with E-state index in [1.807, 2.05) is 25.1 Å². The quantitative estimate of drug-likeness (QED) is 0.830. The third-order valence-corrected chi connectivity index (χ3v) is 3.86. The second-order valence-corrected chi connectivity index (χ2v) is 5.67. The maximum Gasteiger partial charge on any atom is 0.224 e. The molecule has 4 heteroatoms. The number of anilines is 1. The van der Waals surface area contributed by atoms with E-state index < -0.39 is 0 Å². The van der Waals surface area contributed by atoms with Gasteiger partial charge in [-0.2, -0.15) is 0 Å². The van der Waals surface area contributed by atoms with Crippen LogP contribution in [0.15, 0.2) is 42.5 Å². The number of benzene rings is 2. The molecule has 0 aliphatic carbocycles. The molecule has 2 rings (SSSR count). The highest BCUT2D eigenvalue weighted by Crippen LogP contribution is 2.18. The maximum atomic E-state index is 11.9. The molecule has 0 aliphatic rings. The topological polar surface area (TPSA) is 46.2 Å². The molecule has 0 radical (unpaired) electrons. The van der Waals surface area contributed by atoms with Crippen molar-refractivity contribution < 1.29 is 9.59 Å². The summed E-state index contributed by atoms with van der Waals surface area (Å²) in [7, 11) is 0. The van der Waals surface area contributed by atoms with Gasteiger partial charge in [-0.1, -0.05) is 23.7 Å². The molecule has 22 heavy (non-hydrogen) atoms. The fourth-order valence-electron chi connectivity index (χ4n) is 2.06. The number of halogens is 1. The lowest BCUT2D eigenvalue weighted by Crippen LogP contribution is -2.12. The van der Waals surface area contributed by atoms with Gasteiger partial charge in [0.2, 0.25) is 5.91 Å². The first-order valence-corrected chi connectivity index (χ1v) is 7.49. The van der Waals surface area contributed by atoms with Crippen molar-refractivity contribution in [2.45, 2.75) is 26.7 Å². The van der Waals surface area contributed by atoms with Gasteiger partial charge < -0.3 is 5.32 Å². The van der Waals surface area contributed by atoms with E-state index in [1.54, 1.807) is 24.3 Å². The average Bonchev–Trinajstić information content (AvgIpc) is 2.49. The molecule has 0 heterocycles. The van der Waals surface area contributed by atoms with Gasteiger partial charge >= 0.3 is 0 Å². The van der Waals surface area contributed by atoms with Crippen molar-refractivity contribution in [3.05, 3.63) is 64.2 Å². The number of hydrogen-bond donors (Lipinski definition) is 1. The molecule has 2 aromatic carbocycles. The van der Waals surface area contributed by atoms with E-state index in [0.29, 0.717) is 24.1 Å². The maximum absolute atomic E-state index is 11.9. The molecule has 0 bridgehead atoms. The molecule has 0 atom stereocenters. The predicted octanol–water partition coefficient (Wildman–Crippen LogP) is 4.42. The van der Waals surface area contributed by atoms with Gasteiger partial charge in [0.25, 0.3) is 0 Å². The zero-order valence-corrected chi connectivity index (χ0v) is 13.4. The van der Waals surface area contributed by atoms with Crippen molar-refractivity contribution >= 4 is 29.0 Å². The van der Waals surface area contributed by atoms with Crippen LogP contribution in [0.3, 0.4) is 0 Å². The first kappa shape index (κ1) is 16.2. The molecule has 0 saturated carbocycles. The number of carbonyl (C=O) groups excluding carboxylic acids is 2. The Morgan fingerprint density at radius 2 is 1.77 bits per heavy atom. The van der Waals surface area contributed by atoms with Crippen molar-refractivity contribution in [2.24, 2.45) is 0 Å². The summed E-state index contributed by atoms with van der Waals surface area (Å²) in [6.45, 7) is 3.46. The molecule has 0 saturated heterocycles. The summed E-state index contributed by atoms with van der Waals surface area (Å²) in [5, 5.41) is 3.54. The largest absolute Gasteiger partial charge is 0.326 e. The van der Waals surface area contributed by atoms with E-state index in [-0.39, 0.29) is 11.7 Å². The van der Waals surface area contributed by atoms with Crippen LogP contribution in [-0.4, -0.2) is 11.7 Å². The summed E-state index contributed by atoms with van der Waals surface area (Å²) in [4.78, 5) is 23.1. The molecule has 0 unspecified atom stereocenters. The summed E-state index contributed by atoms with van der Waals surface area (Å²) in [5.41, 5.74) is 3.39. The van der Waals surface area contributed by atoms with Crippen LogP contribution in [0.1, 0.15) is 34.8 Å². The molecule has 0 spiro atoms. The minimum atomic E-state index is -0.0627. The lowest BCUT2D eigenvalue weighted by molar-refractivity contribution is -0.116. The van der Waals surface area contributed by atoms with Gasteiger partial charge in [0.1, 0.15) is 0 Å². The normalized spacial score (nSPS) is 10.3. The summed E-state index contributed by atoms with van der Waals surface area (Å²) in [5.74, 6) is -0.0543. The van der Waals surface area contributed by atoms with Gasteiger partial charge in [0.15, 0.2) is 5.78 Å². The molecule has 3 nitrogen and oxygen atoms in total. The van der Waals surface area contributed by atoms with Crippen molar-refractivity contribution in [1.29, 1.82) is 0 Å². The van der Waals surface area contributed by atoms with E-state index in [4.69, 9.17) is 11.6 Å². The number of nitrogens with one attached hydrogen (secondary N) is 1. The zero-order valence-electron chi connectivity index (χ0n) is 12.7. The molecule has 0 aliphatic heterocycles. The lowest BCUT2D eigenvalue weighted by Gasteiger charge is -2.07. The number of carbonyl (C=O) groups is 2. The predicted molar refractivity (Wildman–Crippen MR) is 89.6 cm³/mol. The molecule has 0 fully saturated rings. The fraction of sp³-hybridized carbons (Fsp3) is 0.222. The minimum Gasteiger partial charge on any atom is -0.326 e. The first-order valence-electron chi connectivity index (χ1n) is 7.11. The summed E-state index contributed by atoms with van der Waals surface area (Å²) in [6.07, 6.45) is 1.02. The second-order valence-electron chi connectivity index (χ2n) is 5.27. The van der Waals surface area contributed by atoms with E-state index in [0.717, 1.165) is 16.1 Å². The third kappa shape index (κ3) is 4.43. The highest BCUT2D eigenvalue weighted by molar-refractivity contribution is 6.31. The average molecular weight is 316 g/mol. The zero-order chi connectivity index (χ0) is 16.1. The van der Waals surface area contributed by atoms with Crippen LogP contribution in [0, 0.1) is 6.92 Å². The highest BCUT2D eigenvalue weighted by Gasteiger charge is 2.05. The number of rotatable bonds is 5. The van der Waals surface area contributed by atoms with Gasteiger partial charge in [-0.3, -0.25) is 9.59 Å². The first-order chi connectivity index (χ1) is 10.5. The Labute approximate surface area is 135 Å². The third-order valence-electron chi connectivity index (χ3n) is 3.45. The van der Waals surface area contributed by atoms with Crippen LogP contribution in [0.25, 0.3) is 0 Å². The Morgan fingerprint density at radius 3 is 2.36 bits per heavy atom. The van der Waals surface area contributed by atoms with E-state index in [1.165, 1.54) is 6.92 Å². The van der Waals surface area contributed by atoms with Gasteiger partial charge in [0.05, 0.1) is 0 Å². The number of aryl methyl sites for hydroxylation is 2. The molecule has 1 amide bonds. The fourth-order valence-corrected chi connectivity index (χ4v) is 2.26. The van der Waals surface area contributed by atoms with Crippen LogP contribution in [-0.2, 0) is 11.2 Å². The van der Waals surface area contributed by atoms with Gasteiger partial charge in [0, 0.05) is 22.7 Å². The van der Waals surface area contributed by atoms with Gasteiger partial charge in [-0.15, -0.1) is 0 Å². The van der Waals surface area contributed by atoms with E-state index in [9.17, 15) is 9.59 Å². The summed E-state index contributed by atoms with van der Waals surface area (Å²) in [6, 6.07) is 12.7. The van der Waals surface area contributed by atoms with Crippen molar-refractivity contribution in [3.8, 4) is 0 Å². The number of hydrogen-bond acceptors (Lipinski definition) is 2. The van der Waals surface area contributed by atoms with E-state index in [2.05, 4.69) is 5.32 Å². The van der Waals surface area contributed by atoms with E-state index >= 15 is 0 Å². The van der Waals surface area contributed by atoms with Gasteiger partial charge in [-0.05, 0) is 61.7 Å². The van der Waals surface area contributed by atoms with Crippen molar-refractivity contribution in [2.75, 3.05) is 5.32 Å². The van der Waals surface area contributed by atoms with Crippen LogP contribution >= 0.6 is 11.6 Å².